The molecule has 0 heterocycles. The van der Waals surface area contributed by atoms with Gasteiger partial charge in [-0.05, 0) is 36.4 Å². The van der Waals surface area contributed by atoms with Gasteiger partial charge in [0, 0.05) is 5.56 Å². The summed E-state index contributed by atoms with van der Waals surface area (Å²) in [4.78, 5) is 24.0. The van der Waals surface area contributed by atoms with Gasteiger partial charge in [-0.25, -0.2) is 0 Å². The fourth-order valence-corrected chi connectivity index (χ4v) is 1.97. The second kappa shape index (κ2) is 7.26. The number of hydrogen-bond acceptors (Lipinski definition) is 4. The summed E-state index contributed by atoms with van der Waals surface area (Å²) < 4.78 is 10.2. The van der Waals surface area contributed by atoms with Crippen LogP contribution in [0.25, 0.3) is 0 Å². The van der Waals surface area contributed by atoms with E-state index in [0.29, 0.717) is 22.7 Å². The Morgan fingerprint density at radius 3 is 2.27 bits per heavy atom. The zero-order valence-corrected chi connectivity index (χ0v) is 12.5. The van der Waals surface area contributed by atoms with E-state index in [2.05, 4.69) is 5.32 Å². The lowest BCUT2D eigenvalue weighted by Gasteiger charge is -2.09. The Balaban J connectivity index is 2.00. The van der Waals surface area contributed by atoms with Crippen molar-refractivity contribution in [3.05, 3.63) is 54.1 Å². The molecule has 2 aromatic carbocycles. The molecule has 0 unspecified atom stereocenters. The maximum absolute atomic E-state index is 12.1. The summed E-state index contributed by atoms with van der Waals surface area (Å²) in [6.07, 6.45) is -0.232. The third-order valence-electron chi connectivity index (χ3n) is 3.11. The van der Waals surface area contributed by atoms with Gasteiger partial charge in [0.25, 0.3) is 0 Å². The predicted octanol–water partition coefficient (Wildman–Crippen LogP) is 2.92. The van der Waals surface area contributed by atoms with Crippen molar-refractivity contribution in [2.45, 2.75) is 6.42 Å². The molecular weight excluding hydrogens is 282 g/mol. The van der Waals surface area contributed by atoms with Crippen LogP contribution in [-0.2, 0) is 4.79 Å². The number of hydrogen-bond donors (Lipinski definition) is 1. The minimum absolute atomic E-state index is 0.232. The largest absolute Gasteiger partial charge is 0.497 e. The van der Waals surface area contributed by atoms with Crippen LogP contribution in [-0.4, -0.2) is 25.9 Å². The van der Waals surface area contributed by atoms with E-state index >= 15 is 0 Å². The van der Waals surface area contributed by atoms with Crippen LogP contribution in [0.4, 0.5) is 5.69 Å². The minimum Gasteiger partial charge on any atom is -0.497 e. The number of nitrogens with one attached hydrogen (secondary N) is 1. The van der Waals surface area contributed by atoms with Gasteiger partial charge in [-0.1, -0.05) is 12.1 Å². The van der Waals surface area contributed by atoms with Crippen LogP contribution in [0.2, 0.25) is 0 Å². The first-order valence-electron chi connectivity index (χ1n) is 6.74. The van der Waals surface area contributed by atoms with Gasteiger partial charge >= 0.3 is 0 Å². The van der Waals surface area contributed by atoms with Crippen molar-refractivity contribution < 1.29 is 19.1 Å². The minimum atomic E-state index is -0.384. The number of methoxy groups -OCH3 is 2. The highest BCUT2D eigenvalue weighted by Gasteiger charge is 2.13. The van der Waals surface area contributed by atoms with E-state index in [9.17, 15) is 9.59 Å². The van der Waals surface area contributed by atoms with Gasteiger partial charge in [0.1, 0.15) is 11.5 Å². The number of carbonyl (C=O) groups is 2. The Morgan fingerprint density at radius 1 is 0.955 bits per heavy atom. The van der Waals surface area contributed by atoms with Gasteiger partial charge < -0.3 is 14.8 Å². The first kappa shape index (κ1) is 15.6. The van der Waals surface area contributed by atoms with Crippen molar-refractivity contribution in [2.75, 3.05) is 19.5 Å². The Hall–Kier alpha value is -2.82. The molecule has 0 spiro atoms. The monoisotopic (exact) mass is 299 g/mol. The van der Waals surface area contributed by atoms with E-state index < -0.39 is 0 Å². The van der Waals surface area contributed by atoms with Gasteiger partial charge in [0.05, 0.1) is 26.3 Å². The van der Waals surface area contributed by atoms with Gasteiger partial charge in [-0.2, -0.15) is 0 Å². The third-order valence-corrected chi connectivity index (χ3v) is 3.11. The van der Waals surface area contributed by atoms with Crippen LogP contribution in [0.15, 0.2) is 48.5 Å². The number of Topliss-reactive ketones (excluding diaryl/α,β-unsaturated/α-hetero) is 1. The summed E-state index contributed by atoms with van der Waals surface area (Å²) in [7, 11) is 3.07. The molecule has 0 aliphatic rings. The molecule has 0 saturated heterocycles. The highest BCUT2D eigenvalue weighted by Crippen LogP contribution is 2.23. The molecule has 0 radical (unpaired) electrons. The van der Waals surface area contributed by atoms with Crippen LogP contribution in [0.5, 0.6) is 11.5 Å². The van der Waals surface area contributed by atoms with Crippen molar-refractivity contribution in [3.8, 4) is 11.5 Å². The van der Waals surface area contributed by atoms with Crippen LogP contribution in [0.1, 0.15) is 16.8 Å². The molecule has 5 heteroatoms. The summed E-state index contributed by atoms with van der Waals surface area (Å²) in [6.45, 7) is 0. The Morgan fingerprint density at radius 2 is 1.64 bits per heavy atom. The van der Waals surface area contributed by atoms with E-state index in [1.54, 1.807) is 55.6 Å². The quantitative estimate of drug-likeness (QED) is 0.658. The average molecular weight is 299 g/mol. The number of ketones is 1. The third kappa shape index (κ3) is 3.85. The molecule has 0 atom stereocenters. The molecule has 0 aliphatic heterocycles. The van der Waals surface area contributed by atoms with Gasteiger partial charge in [0.15, 0.2) is 5.78 Å². The Bertz CT molecular complexity index is 665. The smallest absolute Gasteiger partial charge is 0.232 e. The van der Waals surface area contributed by atoms with Crippen LogP contribution in [0.3, 0.4) is 0 Å². The lowest BCUT2D eigenvalue weighted by molar-refractivity contribution is -0.115. The molecule has 0 bridgehead atoms. The molecule has 2 rings (SSSR count). The standard InChI is InChI=1S/C17H17NO4/c1-21-13-9-7-12(8-10-13)15(19)11-17(20)18-14-5-3-4-6-16(14)22-2/h3-10H,11H2,1-2H3,(H,18,20). The first-order chi connectivity index (χ1) is 10.6. The SMILES string of the molecule is COc1ccc(C(=O)CC(=O)Nc2ccccc2OC)cc1. The number of amides is 1. The number of ether oxygens (including phenoxy) is 2. The van der Waals surface area contributed by atoms with Gasteiger partial charge in [-0.15, -0.1) is 0 Å². The highest BCUT2D eigenvalue weighted by molar-refractivity contribution is 6.11. The average Bonchev–Trinajstić information content (AvgIpc) is 2.55. The van der Waals surface area contributed by atoms with E-state index in [0.717, 1.165) is 0 Å². The van der Waals surface area contributed by atoms with Gasteiger partial charge in [-0.3, -0.25) is 9.59 Å². The van der Waals surface area contributed by atoms with Crippen LogP contribution in [0, 0.1) is 0 Å². The molecule has 0 aromatic heterocycles. The number of anilines is 1. The molecule has 2 aromatic rings. The van der Waals surface area contributed by atoms with Crippen molar-refractivity contribution in [1.82, 2.24) is 0 Å². The molecule has 0 fully saturated rings. The summed E-state index contributed by atoms with van der Waals surface area (Å²) in [5.74, 6) is 0.572. The van der Waals surface area contributed by atoms with E-state index in [-0.39, 0.29) is 18.1 Å². The van der Waals surface area contributed by atoms with Crippen LogP contribution >= 0.6 is 0 Å². The second-order valence-electron chi connectivity index (χ2n) is 4.58. The zero-order chi connectivity index (χ0) is 15.9. The number of benzene rings is 2. The van der Waals surface area contributed by atoms with Crippen molar-refractivity contribution in [1.29, 1.82) is 0 Å². The lowest BCUT2D eigenvalue weighted by atomic mass is 10.1. The Labute approximate surface area is 128 Å². The summed E-state index contributed by atoms with van der Waals surface area (Å²) in [6, 6.07) is 13.7. The highest BCUT2D eigenvalue weighted by atomic mass is 16.5. The van der Waals surface area contributed by atoms with Gasteiger partial charge in [0.2, 0.25) is 5.91 Å². The first-order valence-corrected chi connectivity index (χ1v) is 6.74. The normalized spacial score (nSPS) is 9.91. The van der Waals surface area contributed by atoms with Crippen LogP contribution < -0.4 is 14.8 Å². The van der Waals surface area contributed by atoms with Crippen molar-refractivity contribution in [3.63, 3.8) is 0 Å². The topological polar surface area (TPSA) is 64.6 Å². The second-order valence-corrected chi connectivity index (χ2v) is 4.58. The number of carbonyl (C=O) groups excluding carboxylic acids is 2. The molecular formula is C17H17NO4. The van der Waals surface area contributed by atoms with Crippen molar-refractivity contribution in [2.24, 2.45) is 0 Å². The zero-order valence-electron chi connectivity index (χ0n) is 12.5. The maximum Gasteiger partial charge on any atom is 0.232 e. The summed E-state index contributed by atoms with van der Waals surface area (Å²) in [5, 5.41) is 2.68. The number of para-hydroxylation sites is 2. The molecule has 1 N–H and O–H groups in total. The summed E-state index contributed by atoms with van der Waals surface area (Å²) >= 11 is 0. The summed E-state index contributed by atoms with van der Waals surface area (Å²) in [5.41, 5.74) is 1.01. The van der Waals surface area contributed by atoms with E-state index in [4.69, 9.17) is 9.47 Å². The molecule has 0 saturated carbocycles. The number of rotatable bonds is 6. The molecule has 22 heavy (non-hydrogen) atoms. The molecule has 0 aliphatic carbocycles. The fraction of sp³-hybridized carbons (Fsp3) is 0.176. The maximum atomic E-state index is 12.1. The van der Waals surface area contributed by atoms with E-state index in [1.165, 1.54) is 7.11 Å². The predicted molar refractivity (Wildman–Crippen MR) is 83.6 cm³/mol. The fourth-order valence-electron chi connectivity index (χ4n) is 1.97. The molecule has 114 valence electrons. The van der Waals surface area contributed by atoms with Crippen molar-refractivity contribution >= 4 is 17.4 Å². The molecule has 5 nitrogen and oxygen atoms in total. The lowest BCUT2D eigenvalue weighted by Crippen LogP contribution is -2.17. The van der Waals surface area contributed by atoms with E-state index in [1.807, 2.05) is 0 Å². The Kier molecular flexibility index (Phi) is 5.14. The molecule has 1 amide bonds.